The molecule has 2 aliphatic heterocycles. The fraction of sp³-hybridized carbons (Fsp3) is 1.00. The third-order valence-corrected chi connectivity index (χ3v) is 6.63. The van der Waals surface area contributed by atoms with E-state index >= 15 is 0 Å². The van der Waals surface area contributed by atoms with Crippen molar-refractivity contribution in [3.63, 3.8) is 0 Å². The van der Waals surface area contributed by atoms with Gasteiger partial charge in [-0.1, -0.05) is 21.6 Å². The highest BCUT2D eigenvalue weighted by atomic mass is 33.1. The van der Waals surface area contributed by atoms with Gasteiger partial charge in [0.2, 0.25) is 0 Å². The van der Waals surface area contributed by atoms with Gasteiger partial charge in [-0.2, -0.15) is 0 Å². The Kier molecular flexibility index (Phi) is 7.55. The van der Waals surface area contributed by atoms with Crippen molar-refractivity contribution in [3.8, 4) is 0 Å². The van der Waals surface area contributed by atoms with Crippen molar-refractivity contribution in [1.29, 1.82) is 0 Å². The second-order valence-corrected chi connectivity index (χ2v) is 8.06. The first kappa shape index (κ1) is 20.6. The van der Waals surface area contributed by atoms with Crippen molar-refractivity contribution in [2.75, 3.05) is 13.2 Å². The molecule has 2 aliphatic rings. The Morgan fingerprint density at radius 1 is 0.667 bits per heavy atom. The van der Waals surface area contributed by atoms with Gasteiger partial charge < -0.3 is 50.3 Å². The molecule has 0 bridgehead atoms. The molecule has 0 spiro atoms. The minimum absolute atomic E-state index is 0.643. The molecule has 142 valence electrons. The van der Waals surface area contributed by atoms with Crippen molar-refractivity contribution in [1.82, 2.24) is 0 Å². The molecule has 24 heavy (non-hydrogen) atoms. The number of aliphatic hydroxyl groups is 8. The van der Waals surface area contributed by atoms with Gasteiger partial charge in [0.05, 0.1) is 13.2 Å². The van der Waals surface area contributed by atoms with Gasteiger partial charge in [0.15, 0.2) is 0 Å². The standard InChI is InChI=1S/C12H22O10S2/c13-1-3(15)9-5(17)7(19)11(21-9)23-24-12-8(20)6(18)10(22-12)4(16)2-14/h3-20H,1-2H2/t3-,4-,5-,6-,7-,8-,9+,10+,11+,12+/m1/s1. The van der Waals surface area contributed by atoms with Crippen LogP contribution in [0.2, 0.25) is 0 Å². The van der Waals surface area contributed by atoms with Crippen LogP contribution in [0.4, 0.5) is 0 Å². The van der Waals surface area contributed by atoms with Crippen LogP contribution < -0.4 is 0 Å². The minimum Gasteiger partial charge on any atom is -0.394 e. The van der Waals surface area contributed by atoms with Crippen LogP contribution in [0.5, 0.6) is 0 Å². The fourth-order valence-electron chi connectivity index (χ4n) is 2.46. The summed E-state index contributed by atoms with van der Waals surface area (Å²) in [7, 11) is 1.81. The highest BCUT2D eigenvalue weighted by Crippen LogP contribution is 2.43. The van der Waals surface area contributed by atoms with E-state index in [1.165, 1.54) is 0 Å². The molecular formula is C12H22O10S2. The molecule has 0 radical (unpaired) electrons. The van der Waals surface area contributed by atoms with Gasteiger partial charge in [-0.05, 0) is 0 Å². The Bertz CT molecular complexity index is 368. The smallest absolute Gasteiger partial charge is 0.142 e. The van der Waals surface area contributed by atoms with Crippen LogP contribution >= 0.6 is 21.6 Å². The van der Waals surface area contributed by atoms with Crippen LogP contribution in [0.3, 0.4) is 0 Å². The normalized spacial score (nSPS) is 45.5. The van der Waals surface area contributed by atoms with Crippen molar-refractivity contribution < 1.29 is 50.3 Å². The summed E-state index contributed by atoms with van der Waals surface area (Å²) in [5, 5.41) is 76.3. The largest absolute Gasteiger partial charge is 0.394 e. The molecule has 0 aromatic carbocycles. The molecule has 10 atom stereocenters. The first-order valence-electron chi connectivity index (χ1n) is 7.25. The SMILES string of the molecule is OC[C@@H](O)[C@@H]1O[C@@H](SS[C@@H]2O[C@@H]([C@H](O)CO)[C@H](O)[C@H]2O)[C@H](O)[C@H]1O. The van der Waals surface area contributed by atoms with Crippen LogP contribution in [-0.2, 0) is 9.47 Å². The van der Waals surface area contributed by atoms with Gasteiger partial charge in [0, 0.05) is 0 Å². The molecule has 0 aromatic rings. The van der Waals surface area contributed by atoms with E-state index in [4.69, 9.17) is 19.7 Å². The fourth-order valence-corrected chi connectivity index (χ4v) is 5.18. The molecule has 2 rings (SSSR count). The lowest BCUT2D eigenvalue weighted by Crippen LogP contribution is -2.40. The third kappa shape index (κ3) is 4.16. The molecule has 0 saturated carbocycles. The molecule has 2 fully saturated rings. The van der Waals surface area contributed by atoms with Crippen molar-refractivity contribution in [3.05, 3.63) is 0 Å². The number of aliphatic hydroxyl groups excluding tert-OH is 8. The average Bonchev–Trinajstić information content (AvgIpc) is 3.03. The lowest BCUT2D eigenvalue weighted by molar-refractivity contribution is -0.0715. The molecule has 0 aromatic heterocycles. The maximum atomic E-state index is 9.91. The number of hydrogen-bond donors (Lipinski definition) is 8. The van der Waals surface area contributed by atoms with Crippen LogP contribution in [-0.4, -0.2) is 114 Å². The summed E-state index contributed by atoms with van der Waals surface area (Å²) in [5.74, 6) is 0. The summed E-state index contributed by atoms with van der Waals surface area (Å²) in [6.45, 7) is -1.29. The van der Waals surface area contributed by atoms with Gasteiger partial charge in [0.25, 0.3) is 0 Å². The summed E-state index contributed by atoms with van der Waals surface area (Å²) < 4.78 is 10.6. The van der Waals surface area contributed by atoms with Crippen LogP contribution in [0, 0.1) is 0 Å². The molecular weight excluding hydrogens is 368 g/mol. The van der Waals surface area contributed by atoms with Crippen LogP contribution in [0.1, 0.15) is 0 Å². The van der Waals surface area contributed by atoms with E-state index in [1.807, 2.05) is 0 Å². The Hall–Kier alpha value is 0.300. The molecule has 12 heteroatoms. The number of rotatable bonds is 7. The summed E-state index contributed by atoms with van der Waals surface area (Å²) in [6, 6.07) is 0. The summed E-state index contributed by atoms with van der Waals surface area (Å²) >= 11 is 0. The zero-order valence-electron chi connectivity index (χ0n) is 12.4. The highest BCUT2D eigenvalue weighted by Gasteiger charge is 2.49. The van der Waals surface area contributed by atoms with E-state index in [0.29, 0.717) is 0 Å². The monoisotopic (exact) mass is 390 g/mol. The van der Waals surface area contributed by atoms with Crippen LogP contribution in [0.15, 0.2) is 0 Å². The molecule has 0 unspecified atom stereocenters. The minimum atomic E-state index is -1.39. The molecule has 0 aliphatic carbocycles. The third-order valence-electron chi connectivity index (χ3n) is 3.89. The zero-order valence-corrected chi connectivity index (χ0v) is 14.0. The summed E-state index contributed by atoms with van der Waals surface area (Å²) in [4.78, 5) is 0. The summed E-state index contributed by atoms with van der Waals surface area (Å²) in [6.07, 6.45) is -10.5. The molecule has 2 heterocycles. The molecule has 0 amide bonds. The Morgan fingerprint density at radius 2 is 1.00 bits per heavy atom. The van der Waals surface area contributed by atoms with E-state index < -0.39 is 72.9 Å². The van der Waals surface area contributed by atoms with Gasteiger partial charge in [-0.3, -0.25) is 0 Å². The quantitative estimate of drug-likeness (QED) is 0.198. The van der Waals surface area contributed by atoms with Gasteiger partial charge >= 0.3 is 0 Å². The number of ether oxygens (including phenoxy) is 2. The predicted octanol–water partition coefficient (Wildman–Crippen LogP) is -4.03. The van der Waals surface area contributed by atoms with Crippen molar-refractivity contribution in [2.24, 2.45) is 0 Å². The van der Waals surface area contributed by atoms with Gasteiger partial charge in [-0.25, -0.2) is 0 Å². The first-order valence-corrected chi connectivity index (χ1v) is 9.52. The topological polar surface area (TPSA) is 180 Å². The first-order chi connectivity index (χ1) is 11.3. The zero-order chi connectivity index (χ0) is 18.0. The highest BCUT2D eigenvalue weighted by molar-refractivity contribution is 8.77. The Morgan fingerprint density at radius 3 is 1.29 bits per heavy atom. The maximum absolute atomic E-state index is 9.91. The second-order valence-electron chi connectivity index (χ2n) is 5.59. The average molecular weight is 390 g/mol. The van der Waals surface area contributed by atoms with Gasteiger partial charge in [0.1, 0.15) is 59.7 Å². The molecule has 2 saturated heterocycles. The van der Waals surface area contributed by atoms with E-state index in [-0.39, 0.29) is 0 Å². The predicted molar refractivity (Wildman–Crippen MR) is 82.7 cm³/mol. The lowest BCUT2D eigenvalue weighted by Gasteiger charge is -2.19. The second kappa shape index (κ2) is 8.79. The molecule has 8 N–H and O–H groups in total. The lowest BCUT2D eigenvalue weighted by atomic mass is 10.1. The molecule has 10 nitrogen and oxygen atoms in total. The van der Waals surface area contributed by atoms with E-state index in [2.05, 4.69) is 0 Å². The van der Waals surface area contributed by atoms with Crippen molar-refractivity contribution in [2.45, 2.75) is 59.7 Å². The van der Waals surface area contributed by atoms with E-state index in [1.54, 1.807) is 0 Å². The van der Waals surface area contributed by atoms with Crippen LogP contribution in [0.25, 0.3) is 0 Å². The summed E-state index contributed by atoms with van der Waals surface area (Å²) in [5.41, 5.74) is -1.93. The Labute approximate surface area is 145 Å². The van der Waals surface area contributed by atoms with E-state index in [9.17, 15) is 30.6 Å². The maximum Gasteiger partial charge on any atom is 0.142 e. The Balaban J connectivity index is 1.89. The number of hydrogen-bond acceptors (Lipinski definition) is 12. The van der Waals surface area contributed by atoms with E-state index in [0.717, 1.165) is 21.6 Å². The van der Waals surface area contributed by atoms with Gasteiger partial charge in [-0.15, -0.1) is 0 Å². The van der Waals surface area contributed by atoms with Crippen molar-refractivity contribution >= 4 is 21.6 Å².